The zero-order valence-electron chi connectivity index (χ0n) is 13.2. The summed E-state index contributed by atoms with van der Waals surface area (Å²) in [5.41, 5.74) is 0.631. The lowest BCUT2D eigenvalue weighted by molar-refractivity contribution is 0.0557. The second kappa shape index (κ2) is 6.68. The number of hydrogen-bond donors (Lipinski definition) is 0. The summed E-state index contributed by atoms with van der Waals surface area (Å²) < 4.78 is 5.50. The van der Waals surface area contributed by atoms with Crippen molar-refractivity contribution < 1.29 is 9.21 Å². The lowest BCUT2D eigenvalue weighted by Gasteiger charge is -2.36. The zero-order valence-corrected chi connectivity index (χ0v) is 14.0. The first-order valence-corrected chi connectivity index (χ1v) is 8.01. The number of amides is 1. The van der Waals surface area contributed by atoms with Gasteiger partial charge in [-0.2, -0.15) is 0 Å². The normalized spacial score (nSPS) is 17.3. The standard InChI is InChI=1S/C16H19ClN4O2/c1-11(15-19-18-12(2)23-15)20-6-8-21(9-7-20)16(22)13-4-3-5-14(17)10-13/h3-5,10-11H,6-9H2,1-2H3/t11-/m1/s1. The molecule has 1 aromatic carbocycles. The predicted molar refractivity (Wildman–Crippen MR) is 86.4 cm³/mol. The van der Waals surface area contributed by atoms with Crippen LogP contribution in [-0.2, 0) is 0 Å². The molecule has 1 aromatic heterocycles. The third kappa shape index (κ3) is 3.54. The molecular weight excluding hydrogens is 316 g/mol. The van der Waals surface area contributed by atoms with Gasteiger partial charge in [0.05, 0.1) is 6.04 Å². The molecule has 0 spiro atoms. The molecule has 1 saturated heterocycles. The highest BCUT2D eigenvalue weighted by Crippen LogP contribution is 2.21. The maximum absolute atomic E-state index is 12.5. The van der Waals surface area contributed by atoms with Gasteiger partial charge in [-0.1, -0.05) is 17.7 Å². The van der Waals surface area contributed by atoms with E-state index in [1.54, 1.807) is 31.2 Å². The highest BCUT2D eigenvalue weighted by Gasteiger charge is 2.27. The highest BCUT2D eigenvalue weighted by atomic mass is 35.5. The Labute approximate surface area is 140 Å². The van der Waals surface area contributed by atoms with Crippen LogP contribution in [0, 0.1) is 6.92 Å². The summed E-state index contributed by atoms with van der Waals surface area (Å²) >= 11 is 5.96. The van der Waals surface area contributed by atoms with Gasteiger partial charge in [0.25, 0.3) is 5.91 Å². The summed E-state index contributed by atoms with van der Waals surface area (Å²) in [6, 6.07) is 7.13. The Hall–Kier alpha value is -1.92. The largest absolute Gasteiger partial charge is 0.424 e. The van der Waals surface area contributed by atoms with Crippen molar-refractivity contribution >= 4 is 17.5 Å². The van der Waals surface area contributed by atoms with E-state index in [0.717, 1.165) is 13.1 Å². The van der Waals surface area contributed by atoms with Gasteiger partial charge in [0.15, 0.2) is 0 Å². The first-order valence-electron chi connectivity index (χ1n) is 7.63. The van der Waals surface area contributed by atoms with Crippen LogP contribution in [-0.4, -0.2) is 52.1 Å². The van der Waals surface area contributed by atoms with E-state index >= 15 is 0 Å². The number of benzene rings is 1. The van der Waals surface area contributed by atoms with E-state index in [1.165, 1.54) is 0 Å². The molecule has 0 unspecified atom stereocenters. The summed E-state index contributed by atoms with van der Waals surface area (Å²) in [5.74, 6) is 1.21. The van der Waals surface area contributed by atoms with Crippen LogP contribution in [0.5, 0.6) is 0 Å². The minimum atomic E-state index is 0.0217. The van der Waals surface area contributed by atoms with E-state index in [1.807, 2.05) is 11.8 Å². The number of aryl methyl sites for hydroxylation is 1. The van der Waals surface area contributed by atoms with Crippen LogP contribution in [0.15, 0.2) is 28.7 Å². The van der Waals surface area contributed by atoms with E-state index in [9.17, 15) is 4.79 Å². The molecule has 0 N–H and O–H groups in total. The highest BCUT2D eigenvalue weighted by molar-refractivity contribution is 6.30. The van der Waals surface area contributed by atoms with E-state index in [2.05, 4.69) is 15.1 Å². The van der Waals surface area contributed by atoms with E-state index in [4.69, 9.17) is 16.0 Å². The van der Waals surface area contributed by atoms with Gasteiger partial charge in [0, 0.05) is 43.7 Å². The Bertz CT molecular complexity index is 695. The predicted octanol–water partition coefficient (Wildman–Crippen LogP) is 2.55. The Kier molecular flexibility index (Phi) is 4.63. The first-order chi connectivity index (χ1) is 11.0. The Morgan fingerprint density at radius 3 is 2.61 bits per heavy atom. The lowest BCUT2D eigenvalue weighted by atomic mass is 10.1. The smallest absolute Gasteiger partial charge is 0.253 e. The fourth-order valence-corrected chi connectivity index (χ4v) is 2.94. The molecule has 2 aromatic rings. The molecule has 1 fully saturated rings. The van der Waals surface area contributed by atoms with E-state index in [0.29, 0.717) is 35.5 Å². The summed E-state index contributed by atoms with van der Waals surface area (Å²) in [6.07, 6.45) is 0. The minimum Gasteiger partial charge on any atom is -0.424 e. The summed E-state index contributed by atoms with van der Waals surface area (Å²) in [7, 11) is 0. The SMILES string of the molecule is Cc1nnc([C@@H](C)N2CCN(C(=O)c3cccc(Cl)c3)CC2)o1. The topological polar surface area (TPSA) is 62.5 Å². The average Bonchev–Trinajstić information content (AvgIpc) is 3.00. The second-order valence-electron chi connectivity index (χ2n) is 5.67. The molecule has 0 aliphatic carbocycles. The molecule has 0 radical (unpaired) electrons. The number of rotatable bonds is 3. The van der Waals surface area contributed by atoms with Crippen molar-refractivity contribution in [3.05, 3.63) is 46.6 Å². The van der Waals surface area contributed by atoms with Gasteiger partial charge < -0.3 is 9.32 Å². The summed E-state index contributed by atoms with van der Waals surface area (Å²) in [5, 5.41) is 8.53. The number of hydrogen-bond acceptors (Lipinski definition) is 5. The molecule has 1 atom stereocenters. The number of piperazine rings is 1. The molecule has 0 saturated carbocycles. The molecule has 2 heterocycles. The van der Waals surface area contributed by atoms with Crippen molar-refractivity contribution in [2.75, 3.05) is 26.2 Å². The van der Waals surface area contributed by atoms with Crippen molar-refractivity contribution in [2.24, 2.45) is 0 Å². The second-order valence-corrected chi connectivity index (χ2v) is 6.11. The minimum absolute atomic E-state index is 0.0217. The van der Waals surface area contributed by atoms with Crippen molar-refractivity contribution in [1.29, 1.82) is 0 Å². The molecule has 1 amide bonds. The van der Waals surface area contributed by atoms with Gasteiger partial charge in [-0.05, 0) is 25.1 Å². The van der Waals surface area contributed by atoms with Crippen molar-refractivity contribution in [1.82, 2.24) is 20.0 Å². The number of halogens is 1. The molecule has 6 nitrogen and oxygen atoms in total. The van der Waals surface area contributed by atoms with Crippen molar-refractivity contribution in [3.63, 3.8) is 0 Å². The fourth-order valence-electron chi connectivity index (χ4n) is 2.75. The number of carbonyl (C=O) groups excluding carboxylic acids is 1. The fraction of sp³-hybridized carbons (Fsp3) is 0.438. The van der Waals surface area contributed by atoms with Crippen LogP contribution in [0.4, 0.5) is 0 Å². The van der Waals surface area contributed by atoms with Crippen LogP contribution in [0.3, 0.4) is 0 Å². The Morgan fingerprint density at radius 2 is 2.00 bits per heavy atom. The van der Waals surface area contributed by atoms with E-state index in [-0.39, 0.29) is 11.9 Å². The summed E-state index contributed by atoms with van der Waals surface area (Å²) in [4.78, 5) is 16.6. The van der Waals surface area contributed by atoms with Crippen LogP contribution >= 0.6 is 11.6 Å². The first kappa shape index (κ1) is 16.0. The lowest BCUT2D eigenvalue weighted by Crippen LogP contribution is -2.49. The number of aromatic nitrogens is 2. The Morgan fingerprint density at radius 1 is 1.26 bits per heavy atom. The van der Waals surface area contributed by atoms with Gasteiger partial charge in [-0.15, -0.1) is 10.2 Å². The molecule has 122 valence electrons. The van der Waals surface area contributed by atoms with Gasteiger partial charge in [-0.3, -0.25) is 9.69 Å². The number of carbonyl (C=O) groups is 1. The van der Waals surface area contributed by atoms with Crippen molar-refractivity contribution in [3.8, 4) is 0 Å². The van der Waals surface area contributed by atoms with Gasteiger partial charge in [0.2, 0.25) is 11.8 Å². The third-order valence-corrected chi connectivity index (χ3v) is 4.35. The molecule has 1 aliphatic rings. The van der Waals surface area contributed by atoms with Crippen molar-refractivity contribution in [2.45, 2.75) is 19.9 Å². The van der Waals surface area contributed by atoms with Crippen LogP contribution in [0.25, 0.3) is 0 Å². The summed E-state index contributed by atoms with van der Waals surface area (Å²) in [6.45, 7) is 6.71. The Balaban J connectivity index is 1.61. The monoisotopic (exact) mass is 334 g/mol. The van der Waals surface area contributed by atoms with Gasteiger partial charge in [0.1, 0.15) is 0 Å². The maximum atomic E-state index is 12.5. The molecule has 7 heteroatoms. The molecule has 0 bridgehead atoms. The van der Waals surface area contributed by atoms with Gasteiger partial charge >= 0.3 is 0 Å². The van der Waals surface area contributed by atoms with Gasteiger partial charge in [-0.25, -0.2) is 0 Å². The van der Waals surface area contributed by atoms with Crippen LogP contribution in [0.1, 0.15) is 35.1 Å². The van der Waals surface area contributed by atoms with Crippen LogP contribution < -0.4 is 0 Å². The molecule has 23 heavy (non-hydrogen) atoms. The average molecular weight is 335 g/mol. The quantitative estimate of drug-likeness (QED) is 0.863. The zero-order chi connectivity index (χ0) is 16.4. The molecule has 3 rings (SSSR count). The molecule has 1 aliphatic heterocycles. The van der Waals surface area contributed by atoms with Crippen LogP contribution in [0.2, 0.25) is 5.02 Å². The number of nitrogens with zero attached hydrogens (tertiary/aromatic N) is 4. The molecular formula is C16H19ClN4O2. The third-order valence-electron chi connectivity index (χ3n) is 4.12. The van der Waals surface area contributed by atoms with E-state index < -0.39 is 0 Å². The maximum Gasteiger partial charge on any atom is 0.253 e.